The van der Waals surface area contributed by atoms with Crippen LogP contribution in [0.5, 0.6) is 0 Å². The van der Waals surface area contributed by atoms with Gasteiger partial charge < -0.3 is 27.9 Å². The predicted octanol–water partition coefficient (Wildman–Crippen LogP) is 26.8. The fraction of sp³-hybridized carbons (Fsp3) is 0.791. The minimum Gasteiger partial charge on any atom is -0.756 e. The summed E-state index contributed by atoms with van der Waals surface area (Å²) in [5.74, 6) is -0.822. The predicted molar refractivity (Wildman–Crippen MR) is 416 cm³/mol. The Labute approximate surface area is 595 Å². The maximum Gasteiger partial charge on any atom is 0.306 e. The largest absolute Gasteiger partial charge is 0.756 e. The van der Waals surface area contributed by atoms with E-state index in [1.807, 2.05) is 21.1 Å². The van der Waals surface area contributed by atoms with E-state index in [4.69, 9.17) is 18.5 Å². The van der Waals surface area contributed by atoms with E-state index in [0.29, 0.717) is 17.4 Å². The molecular formula is C86H156NO8P. The molecule has 0 aliphatic rings. The van der Waals surface area contributed by atoms with Gasteiger partial charge in [-0.3, -0.25) is 14.2 Å². The molecule has 0 radical (unpaired) electrons. The second-order valence-electron chi connectivity index (χ2n) is 28.8. The van der Waals surface area contributed by atoms with Crippen molar-refractivity contribution < 1.29 is 42.1 Å². The number of ether oxygens (including phenoxy) is 2. The van der Waals surface area contributed by atoms with Crippen LogP contribution < -0.4 is 4.89 Å². The maximum atomic E-state index is 12.9. The Balaban J connectivity index is 3.91. The summed E-state index contributed by atoms with van der Waals surface area (Å²) in [6.07, 6.45) is 107. The van der Waals surface area contributed by atoms with Gasteiger partial charge in [0, 0.05) is 12.8 Å². The van der Waals surface area contributed by atoms with Gasteiger partial charge >= 0.3 is 11.9 Å². The van der Waals surface area contributed by atoms with Crippen LogP contribution in [0.2, 0.25) is 0 Å². The molecule has 0 aliphatic heterocycles. The lowest BCUT2D eigenvalue weighted by atomic mass is 10.0. The first kappa shape index (κ1) is 92.9. The molecule has 0 bridgehead atoms. The van der Waals surface area contributed by atoms with Crippen molar-refractivity contribution in [3.05, 3.63) is 97.2 Å². The number of carbonyl (C=O) groups excluding carboxylic acids is 2. The fourth-order valence-electron chi connectivity index (χ4n) is 11.9. The summed E-state index contributed by atoms with van der Waals surface area (Å²) in [6, 6.07) is 0. The third kappa shape index (κ3) is 79.9. The molecular weight excluding hydrogens is 1210 g/mol. The molecule has 0 aliphatic carbocycles. The number of nitrogens with zero attached hydrogens (tertiary/aromatic N) is 1. The molecule has 0 N–H and O–H groups in total. The number of rotatable bonds is 76. The van der Waals surface area contributed by atoms with Crippen LogP contribution in [0.25, 0.3) is 0 Å². The molecule has 96 heavy (non-hydrogen) atoms. The average molecular weight is 1360 g/mol. The minimum absolute atomic E-state index is 0.0325. The summed E-state index contributed by atoms with van der Waals surface area (Å²) in [4.78, 5) is 38.2. The second kappa shape index (κ2) is 76.1. The van der Waals surface area contributed by atoms with Crippen molar-refractivity contribution in [1.29, 1.82) is 0 Å². The van der Waals surface area contributed by atoms with E-state index in [0.717, 1.165) is 83.5 Å². The lowest BCUT2D eigenvalue weighted by Gasteiger charge is -2.28. The summed E-state index contributed by atoms with van der Waals surface area (Å²) in [6.45, 7) is 4.16. The molecule has 0 aromatic carbocycles. The van der Waals surface area contributed by atoms with Gasteiger partial charge in [-0.05, 0) is 96.3 Å². The third-order valence-electron chi connectivity index (χ3n) is 18.1. The van der Waals surface area contributed by atoms with E-state index in [1.165, 1.54) is 270 Å². The molecule has 0 saturated heterocycles. The Morgan fingerprint density at radius 2 is 0.594 bits per heavy atom. The van der Waals surface area contributed by atoms with Gasteiger partial charge in [0.25, 0.3) is 7.82 Å². The maximum absolute atomic E-state index is 12.9. The zero-order chi connectivity index (χ0) is 69.7. The van der Waals surface area contributed by atoms with E-state index in [9.17, 15) is 19.0 Å². The molecule has 0 aromatic rings. The average Bonchev–Trinajstić information content (AvgIpc) is 1.97. The van der Waals surface area contributed by atoms with Gasteiger partial charge in [-0.1, -0.05) is 374 Å². The molecule has 0 fully saturated rings. The summed E-state index contributed by atoms with van der Waals surface area (Å²) >= 11 is 0. The molecule has 558 valence electrons. The van der Waals surface area contributed by atoms with Crippen molar-refractivity contribution in [1.82, 2.24) is 0 Å². The van der Waals surface area contributed by atoms with Crippen molar-refractivity contribution >= 4 is 19.8 Å². The molecule has 0 rings (SSSR count). The second-order valence-corrected chi connectivity index (χ2v) is 30.2. The quantitative estimate of drug-likeness (QED) is 0.0195. The minimum atomic E-state index is -4.65. The monoisotopic (exact) mass is 1360 g/mol. The number of phosphoric ester groups is 1. The normalized spacial score (nSPS) is 13.5. The molecule has 0 spiro atoms. The lowest BCUT2D eigenvalue weighted by molar-refractivity contribution is -0.870. The van der Waals surface area contributed by atoms with Crippen LogP contribution in [-0.2, 0) is 32.7 Å². The van der Waals surface area contributed by atoms with Crippen molar-refractivity contribution in [2.75, 3.05) is 47.5 Å². The molecule has 9 nitrogen and oxygen atoms in total. The zero-order valence-corrected chi connectivity index (χ0v) is 64.7. The van der Waals surface area contributed by atoms with Crippen LogP contribution in [0.1, 0.15) is 386 Å². The molecule has 2 atom stereocenters. The SMILES string of the molecule is CC/C=C\C/C=C\C/C=C\C/C=C\C/C=C\C/C=C\CCCCCCCCCCCCCCC(=O)OC(COC(=O)CCCCCCCCCCCCCCCCCCCCCCCCCCCCCCC/C=C\C/C=C\CCCCCCC)COP(=O)([O-])OCC[N+](C)(C)C. The highest BCUT2D eigenvalue weighted by Gasteiger charge is 2.22. The zero-order valence-electron chi connectivity index (χ0n) is 63.8. The summed E-state index contributed by atoms with van der Waals surface area (Å²) in [5, 5.41) is 0. The topological polar surface area (TPSA) is 111 Å². The van der Waals surface area contributed by atoms with Gasteiger partial charge in [-0.15, -0.1) is 0 Å². The number of quaternary nitrogens is 1. The first-order chi connectivity index (χ1) is 47.0. The van der Waals surface area contributed by atoms with Crippen LogP contribution in [0.15, 0.2) is 97.2 Å². The van der Waals surface area contributed by atoms with E-state index in [2.05, 4.69) is 111 Å². The van der Waals surface area contributed by atoms with Gasteiger partial charge in [0.2, 0.25) is 0 Å². The summed E-state index contributed by atoms with van der Waals surface area (Å²) in [7, 11) is 1.17. The summed E-state index contributed by atoms with van der Waals surface area (Å²) < 4.78 is 34.4. The highest BCUT2D eigenvalue weighted by Crippen LogP contribution is 2.38. The number of hydrogen-bond acceptors (Lipinski definition) is 8. The smallest absolute Gasteiger partial charge is 0.306 e. The van der Waals surface area contributed by atoms with Gasteiger partial charge in [0.15, 0.2) is 6.10 Å². The highest BCUT2D eigenvalue weighted by molar-refractivity contribution is 7.45. The Morgan fingerprint density at radius 3 is 0.885 bits per heavy atom. The van der Waals surface area contributed by atoms with Gasteiger partial charge in [0.05, 0.1) is 27.7 Å². The first-order valence-electron chi connectivity index (χ1n) is 40.9. The Kier molecular flexibility index (Phi) is 73.7. The van der Waals surface area contributed by atoms with Crippen LogP contribution in [0, 0.1) is 0 Å². The number of esters is 2. The van der Waals surface area contributed by atoms with Crippen molar-refractivity contribution in [2.24, 2.45) is 0 Å². The Bertz CT molecular complexity index is 1940. The lowest BCUT2D eigenvalue weighted by Crippen LogP contribution is -2.37. The van der Waals surface area contributed by atoms with E-state index < -0.39 is 26.5 Å². The number of phosphoric acid groups is 1. The number of likely N-dealkylation sites (N-methyl/N-ethyl adjacent to an activating group) is 1. The van der Waals surface area contributed by atoms with Crippen molar-refractivity contribution in [2.45, 2.75) is 392 Å². The molecule has 2 unspecified atom stereocenters. The standard InChI is InChI=1S/C86H156NO8P/c1-6-8-10-12-14-16-18-20-22-24-26-28-30-32-34-36-38-39-40-41-42-43-44-45-46-47-49-50-52-54-56-58-60-62-64-66-68-70-72-74-76-78-85(88)92-82-84(83-94-96(90,91)93-81-80-87(3,4)5)95-86(89)79-77-75-73-71-69-67-65-63-61-59-57-55-53-51-48-37-35-33-31-29-27-25-23-21-19-17-15-13-11-9-7-2/h9,11,15,17-18,20-21,23-24,26-27,29,33,35,48,51,84H,6-8,10,12-14,16,19,22,25,28,30-32,34,36-47,49-50,52-83H2,1-5H3/b11-9-,17-15-,20-18-,23-21-,26-24-,29-27-,35-33-,51-48-. The van der Waals surface area contributed by atoms with E-state index in [1.54, 1.807) is 0 Å². The molecule has 0 aromatic heterocycles. The number of allylic oxidation sites excluding steroid dienone is 16. The Morgan fingerprint density at radius 1 is 0.333 bits per heavy atom. The van der Waals surface area contributed by atoms with Crippen LogP contribution in [0.4, 0.5) is 0 Å². The molecule has 0 saturated carbocycles. The van der Waals surface area contributed by atoms with E-state index >= 15 is 0 Å². The van der Waals surface area contributed by atoms with Crippen LogP contribution in [-0.4, -0.2) is 70.0 Å². The fourth-order valence-corrected chi connectivity index (χ4v) is 12.6. The number of hydrogen-bond donors (Lipinski definition) is 0. The van der Waals surface area contributed by atoms with Crippen molar-refractivity contribution in [3.8, 4) is 0 Å². The molecule has 0 heterocycles. The molecule has 0 amide bonds. The van der Waals surface area contributed by atoms with Gasteiger partial charge in [-0.25, -0.2) is 0 Å². The van der Waals surface area contributed by atoms with E-state index in [-0.39, 0.29) is 32.0 Å². The first-order valence-corrected chi connectivity index (χ1v) is 42.4. The summed E-state index contributed by atoms with van der Waals surface area (Å²) in [5.41, 5.74) is 0. The number of carbonyl (C=O) groups is 2. The van der Waals surface area contributed by atoms with Crippen molar-refractivity contribution in [3.63, 3.8) is 0 Å². The van der Waals surface area contributed by atoms with Gasteiger partial charge in [-0.2, -0.15) is 0 Å². The van der Waals surface area contributed by atoms with Crippen LogP contribution >= 0.6 is 7.82 Å². The Hall–Kier alpha value is -3.07. The van der Waals surface area contributed by atoms with Gasteiger partial charge in [0.1, 0.15) is 19.8 Å². The molecule has 10 heteroatoms. The van der Waals surface area contributed by atoms with Crippen LogP contribution in [0.3, 0.4) is 0 Å². The number of unbranched alkanes of at least 4 members (excludes halogenated alkanes) is 46. The third-order valence-corrected chi connectivity index (χ3v) is 19.1. The highest BCUT2D eigenvalue weighted by atomic mass is 31.2.